The molecule has 0 aromatic rings. The summed E-state index contributed by atoms with van der Waals surface area (Å²) >= 11 is 0. The summed E-state index contributed by atoms with van der Waals surface area (Å²) in [6, 6.07) is 0. The minimum absolute atomic E-state index is 0.262. The molecule has 2 saturated heterocycles. The molecule has 4 nitrogen and oxygen atoms in total. The lowest BCUT2D eigenvalue weighted by Gasteiger charge is -2.13. The van der Waals surface area contributed by atoms with Crippen LogP contribution in [0.2, 0.25) is 0 Å². The highest BCUT2D eigenvalue weighted by molar-refractivity contribution is 4.86. The van der Waals surface area contributed by atoms with Crippen molar-refractivity contribution in [3.8, 4) is 0 Å². The van der Waals surface area contributed by atoms with Gasteiger partial charge in [-0.15, -0.1) is 0 Å². The topological polar surface area (TPSA) is 39.7 Å². The van der Waals surface area contributed by atoms with Crippen LogP contribution in [0.1, 0.15) is 0 Å². The predicted octanol–water partition coefficient (Wildman–Crippen LogP) is -0.531. The van der Waals surface area contributed by atoms with Gasteiger partial charge in [0.15, 0.2) is 0 Å². The van der Waals surface area contributed by atoms with Gasteiger partial charge in [0, 0.05) is 6.54 Å². The fraction of sp³-hybridized carbons (Fsp3) is 0.833. The third-order valence-corrected chi connectivity index (χ3v) is 1.49. The van der Waals surface area contributed by atoms with Gasteiger partial charge < -0.3 is 14.2 Å². The Morgan fingerprint density at radius 1 is 1.20 bits per heavy atom. The Morgan fingerprint density at radius 2 is 2.00 bits per heavy atom. The van der Waals surface area contributed by atoms with E-state index >= 15 is 0 Å². The molecule has 0 amide bonds. The van der Waals surface area contributed by atoms with E-state index in [1.54, 1.807) is 0 Å². The van der Waals surface area contributed by atoms with E-state index in [9.17, 15) is 0 Å². The molecule has 0 unspecified atom stereocenters. The molecule has 0 saturated carbocycles. The van der Waals surface area contributed by atoms with E-state index in [4.69, 9.17) is 14.2 Å². The molecule has 57 valence electrons. The average Bonchev–Trinajstić information content (AvgIpc) is 2.59. The highest BCUT2D eigenvalue weighted by Crippen LogP contribution is 2.17. The van der Waals surface area contributed by atoms with E-state index in [-0.39, 0.29) is 6.29 Å². The fourth-order valence-electron chi connectivity index (χ4n) is 1.05. The van der Waals surface area contributed by atoms with Crippen LogP contribution in [0.15, 0.2) is 0 Å². The Morgan fingerprint density at radius 3 is 2.60 bits per heavy atom. The molecule has 2 rings (SSSR count). The van der Waals surface area contributed by atoms with Gasteiger partial charge in [-0.05, 0) is 0 Å². The van der Waals surface area contributed by atoms with E-state index < -0.39 is 0 Å². The first-order chi connectivity index (χ1) is 4.97. The van der Waals surface area contributed by atoms with Crippen molar-refractivity contribution < 1.29 is 14.2 Å². The Balaban J connectivity index is 1.85. The van der Waals surface area contributed by atoms with Gasteiger partial charge in [0.05, 0.1) is 19.8 Å². The lowest BCUT2D eigenvalue weighted by molar-refractivity contribution is -0.0809. The summed E-state index contributed by atoms with van der Waals surface area (Å²) in [5.41, 5.74) is 0. The van der Waals surface area contributed by atoms with Crippen molar-refractivity contribution in [1.29, 1.82) is 0 Å². The molecule has 0 aromatic carbocycles. The summed E-state index contributed by atoms with van der Waals surface area (Å²) in [7, 11) is 0. The molecule has 2 fully saturated rings. The number of hydrogen-bond acceptors (Lipinski definition) is 4. The zero-order chi connectivity index (χ0) is 6.81. The molecule has 0 spiro atoms. The first-order valence-electron chi connectivity index (χ1n) is 3.43. The quantitative estimate of drug-likeness (QED) is 0.537. The van der Waals surface area contributed by atoms with Crippen molar-refractivity contribution in [3.05, 3.63) is 6.23 Å². The minimum atomic E-state index is -0.262. The molecule has 2 heterocycles. The Hall–Kier alpha value is -0.160. The molecule has 0 atom stereocenters. The highest BCUT2D eigenvalue weighted by atomic mass is 16.7. The van der Waals surface area contributed by atoms with Crippen LogP contribution in [0.5, 0.6) is 0 Å². The predicted molar refractivity (Wildman–Crippen MR) is 32.9 cm³/mol. The van der Waals surface area contributed by atoms with E-state index in [1.165, 1.54) is 0 Å². The third kappa shape index (κ3) is 1.15. The van der Waals surface area contributed by atoms with Crippen LogP contribution in [0.4, 0.5) is 0 Å². The van der Waals surface area contributed by atoms with E-state index in [0.29, 0.717) is 13.2 Å². The standard InChI is InChI=1S/C6H10NO3/c1-2-8-5(7-1)6-9-3-4-10-6/h6-7H,1-4H2. The van der Waals surface area contributed by atoms with Gasteiger partial charge in [-0.3, -0.25) is 5.32 Å². The number of nitrogens with one attached hydrogen (secondary N) is 1. The molecule has 4 heteroatoms. The second kappa shape index (κ2) is 2.84. The summed E-state index contributed by atoms with van der Waals surface area (Å²) in [6.45, 7) is 2.91. The average molecular weight is 144 g/mol. The molecule has 0 aliphatic carbocycles. The van der Waals surface area contributed by atoms with Gasteiger partial charge in [-0.1, -0.05) is 0 Å². The van der Waals surface area contributed by atoms with Crippen LogP contribution in [0.25, 0.3) is 0 Å². The zero-order valence-corrected chi connectivity index (χ0v) is 5.63. The zero-order valence-electron chi connectivity index (χ0n) is 5.63. The molecule has 2 aliphatic heterocycles. The monoisotopic (exact) mass is 144 g/mol. The molecule has 0 aromatic heterocycles. The maximum atomic E-state index is 5.19. The normalized spacial score (nSPS) is 30.0. The van der Waals surface area contributed by atoms with Crippen molar-refractivity contribution in [2.45, 2.75) is 6.29 Å². The van der Waals surface area contributed by atoms with E-state index in [1.807, 2.05) is 0 Å². The van der Waals surface area contributed by atoms with Crippen molar-refractivity contribution in [1.82, 2.24) is 5.32 Å². The largest absolute Gasteiger partial charge is 0.350 e. The Bertz CT molecular complexity index is 93.6. The van der Waals surface area contributed by atoms with Crippen LogP contribution in [-0.2, 0) is 14.2 Å². The summed E-state index contributed by atoms with van der Waals surface area (Å²) < 4.78 is 15.6. The summed E-state index contributed by atoms with van der Waals surface area (Å²) in [4.78, 5) is 0. The Labute approximate surface area is 59.4 Å². The number of ether oxygens (including phenoxy) is 3. The van der Waals surface area contributed by atoms with E-state index in [0.717, 1.165) is 19.4 Å². The van der Waals surface area contributed by atoms with Crippen molar-refractivity contribution in [3.63, 3.8) is 0 Å². The molecular formula is C6H10NO3. The first-order valence-corrected chi connectivity index (χ1v) is 3.43. The third-order valence-electron chi connectivity index (χ3n) is 1.49. The van der Waals surface area contributed by atoms with Crippen LogP contribution in [0.3, 0.4) is 0 Å². The first kappa shape index (κ1) is 6.54. The molecule has 10 heavy (non-hydrogen) atoms. The van der Waals surface area contributed by atoms with Gasteiger partial charge in [-0.25, -0.2) is 0 Å². The molecule has 0 bridgehead atoms. The number of hydrogen-bond donors (Lipinski definition) is 1. The summed E-state index contributed by atoms with van der Waals surface area (Å²) in [5, 5.41) is 3.04. The second-order valence-electron chi connectivity index (χ2n) is 2.21. The van der Waals surface area contributed by atoms with E-state index in [2.05, 4.69) is 5.32 Å². The molecular weight excluding hydrogens is 134 g/mol. The number of rotatable bonds is 1. The van der Waals surface area contributed by atoms with Gasteiger partial charge in [0.2, 0.25) is 12.5 Å². The molecule has 2 aliphatic rings. The van der Waals surface area contributed by atoms with Crippen LogP contribution < -0.4 is 5.32 Å². The van der Waals surface area contributed by atoms with Gasteiger partial charge in [0.25, 0.3) is 0 Å². The van der Waals surface area contributed by atoms with Crippen LogP contribution in [0, 0.1) is 6.23 Å². The maximum absolute atomic E-state index is 5.19. The lowest BCUT2D eigenvalue weighted by Crippen LogP contribution is -2.28. The smallest absolute Gasteiger partial charge is 0.219 e. The highest BCUT2D eigenvalue weighted by Gasteiger charge is 2.31. The van der Waals surface area contributed by atoms with Crippen LogP contribution >= 0.6 is 0 Å². The second-order valence-corrected chi connectivity index (χ2v) is 2.21. The maximum Gasteiger partial charge on any atom is 0.219 e. The van der Waals surface area contributed by atoms with Crippen molar-refractivity contribution >= 4 is 0 Å². The van der Waals surface area contributed by atoms with Crippen LogP contribution in [-0.4, -0.2) is 32.7 Å². The Kier molecular flexibility index (Phi) is 1.86. The molecule has 1 radical (unpaired) electrons. The van der Waals surface area contributed by atoms with Gasteiger partial charge in [0.1, 0.15) is 0 Å². The SMILES string of the molecule is C1CO[C](C2OCCO2)N1. The van der Waals surface area contributed by atoms with Gasteiger partial charge in [-0.2, -0.15) is 0 Å². The summed E-state index contributed by atoms with van der Waals surface area (Å²) in [6.07, 6.45) is 0.472. The van der Waals surface area contributed by atoms with Crippen molar-refractivity contribution in [2.24, 2.45) is 0 Å². The van der Waals surface area contributed by atoms with Gasteiger partial charge >= 0.3 is 0 Å². The fourth-order valence-corrected chi connectivity index (χ4v) is 1.05. The minimum Gasteiger partial charge on any atom is -0.350 e. The lowest BCUT2D eigenvalue weighted by atomic mass is 10.5. The molecule has 1 N–H and O–H groups in total. The summed E-state index contributed by atoms with van der Waals surface area (Å²) in [5.74, 6) is 0. The van der Waals surface area contributed by atoms with Crippen molar-refractivity contribution in [2.75, 3.05) is 26.4 Å².